The maximum Gasteiger partial charge on any atom is 0.221 e. The van der Waals surface area contributed by atoms with E-state index in [1.54, 1.807) is 6.20 Å². The molecule has 3 heteroatoms. The second-order valence-corrected chi connectivity index (χ2v) is 2.97. The number of hydrogen-bond acceptors (Lipinski definition) is 2. The lowest BCUT2D eigenvalue weighted by atomic mass is 10.2. The number of hydrogen-bond donors (Lipinski definition) is 1. The van der Waals surface area contributed by atoms with Crippen LogP contribution < -0.4 is 5.32 Å². The number of carbonyl (C=O) groups excluding carboxylic acids is 1. The van der Waals surface area contributed by atoms with Gasteiger partial charge in [0, 0.05) is 12.6 Å². The molecule has 0 unspecified atom stereocenters. The van der Waals surface area contributed by atoms with Crippen LogP contribution in [0.5, 0.6) is 0 Å². The largest absolute Gasteiger partial charge is 0.325 e. The monoisotopic (exact) mass is 178 g/mol. The van der Waals surface area contributed by atoms with E-state index >= 15 is 0 Å². The quantitative estimate of drug-likeness (QED) is 0.769. The van der Waals surface area contributed by atoms with Crippen LogP contribution in [0.1, 0.15) is 26.0 Å². The SMILES string of the molecule is CCCc1ccc(NC(C)=O)cn1. The number of nitrogens with one attached hydrogen (secondary N) is 1. The first-order valence-electron chi connectivity index (χ1n) is 4.45. The zero-order chi connectivity index (χ0) is 9.68. The van der Waals surface area contributed by atoms with Crippen molar-refractivity contribution < 1.29 is 4.79 Å². The molecule has 0 aliphatic carbocycles. The maximum atomic E-state index is 10.7. The lowest BCUT2D eigenvalue weighted by molar-refractivity contribution is -0.114. The third-order valence-corrected chi connectivity index (χ3v) is 1.65. The van der Waals surface area contributed by atoms with Gasteiger partial charge >= 0.3 is 0 Å². The Balaban J connectivity index is 2.64. The molecular weight excluding hydrogens is 164 g/mol. The Morgan fingerprint density at radius 1 is 1.54 bits per heavy atom. The first-order chi connectivity index (χ1) is 6.22. The third kappa shape index (κ3) is 3.23. The molecule has 0 spiro atoms. The van der Waals surface area contributed by atoms with Crippen LogP contribution in [-0.4, -0.2) is 10.9 Å². The normalized spacial score (nSPS) is 9.69. The van der Waals surface area contributed by atoms with Crippen molar-refractivity contribution in [2.45, 2.75) is 26.7 Å². The predicted molar refractivity (Wildman–Crippen MR) is 52.5 cm³/mol. The van der Waals surface area contributed by atoms with Crippen molar-refractivity contribution >= 4 is 11.6 Å². The van der Waals surface area contributed by atoms with Crippen LogP contribution in [0.4, 0.5) is 5.69 Å². The van der Waals surface area contributed by atoms with Gasteiger partial charge in [-0.2, -0.15) is 0 Å². The Bertz CT molecular complexity index is 279. The summed E-state index contributed by atoms with van der Waals surface area (Å²) in [7, 11) is 0. The zero-order valence-corrected chi connectivity index (χ0v) is 8.00. The predicted octanol–water partition coefficient (Wildman–Crippen LogP) is 1.99. The summed E-state index contributed by atoms with van der Waals surface area (Å²) in [4.78, 5) is 14.9. The van der Waals surface area contributed by atoms with E-state index in [1.807, 2.05) is 12.1 Å². The Morgan fingerprint density at radius 3 is 2.77 bits per heavy atom. The Kier molecular flexibility index (Phi) is 3.43. The fourth-order valence-corrected chi connectivity index (χ4v) is 1.11. The summed E-state index contributed by atoms with van der Waals surface area (Å²) >= 11 is 0. The van der Waals surface area contributed by atoms with E-state index in [9.17, 15) is 4.79 Å². The third-order valence-electron chi connectivity index (χ3n) is 1.65. The van der Waals surface area contributed by atoms with Crippen molar-refractivity contribution in [3.8, 4) is 0 Å². The lowest BCUT2D eigenvalue weighted by Gasteiger charge is -2.02. The van der Waals surface area contributed by atoms with E-state index in [4.69, 9.17) is 0 Å². The van der Waals surface area contributed by atoms with Gasteiger partial charge in [-0.15, -0.1) is 0 Å². The Hall–Kier alpha value is -1.38. The van der Waals surface area contributed by atoms with Crippen molar-refractivity contribution in [3.05, 3.63) is 24.0 Å². The number of carbonyl (C=O) groups is 1. The van der Waals surface area contributed by atoms with Crippen LogP contribution in [0.2, 0.25) is 0 Å². The minimum absolute atomic E-state index is 0.0648. The van der Waals surface area contributed by atoms with E-state index in [1.165, 1.54) is 6.92 Å². The van der Waals surface area contributed by atoms with Crippen molar-refractivity contribution in [1.29, 1.82) is 0 Å². The smallest absolute Gasteiger partial charge is 0.221 e. The molecule has 1 rings (SSSR count). The summed E-state index contributed by atoms with van der Waals surface area (Å²) in [6, 6.07) is 3.81. The molecule has 0 aliphatic heterocycles. The molecule has 0 bridgehead atoms. The van der Waals surface area contributed by atoms with Gasteiger partial charge in [0.05, 0.1) is 11.9 Å². The maximum absolute atomic E-state index is 10.7. The summed E-state index contributed by atoms with van der Waals surface area (Å²) in [5.74, 6) is -0.0648. The number of amides is 1. The molecule has 0 saturated carbocycles. The van der Waals surface area contributed by atoms with Crippen molar-refractivity contribution in [1.82, 2.24) is 4.98 Å². The van der Waals surface area contributed by atoms with Gasteiger partial charge in [0.15, 0.2) is 0 Å². The zero-order valence-electron chi connectivity index (χ0n) is 8.00. The van der Waals surface area contributed by atoms with Gasteiger partial charge in [0.2, 0.25) is 5.91 Å². The molecule has 1 amide bonds. The van der Waals surface area contributed by atoms with Crippen molar-refractivity contribution in [2.75, 3.05) is 5.32 Å². The highest BCUT2D eigenvalue weighted by atomic mass is 16.1. The highest BCUT2D eigenvalue weighted by molar-refractivity contribution is 5.88. The van der Waals surface area contributed by atoms with Crippen LogP contribution in [-0.2, 0) is 11.2 Å². The van der Waals surface area contributed by atoms with E-state index in [0.29, 0.717) is 0 Å². The van der Waals surface area contributed by atoms with Crippen LogP contribution in [0.25, 0.3) is 0 Å². The average Bonchev–Trinajstić information content (AvgIpc) is 2.08. The molecule has 0 saturated heterocycles. The van der Waals surface area contributed by atoms with Gasteiger partial charge in [-0.25, -0.2) is 0 Å². The fraction of sp³-hybridized carbons (Fsp3) is 0.400. The molecule has 0 aromatic carbocycles. The van der Waals surface area contributed by atoms with Gasteiger partial charge in [-0.05, 0) is 18.6 Å². The minimum Gasteiger partial charge on any atom is -0.325 e. The number of rotatable bonds is 3. The highest BCUT2D eigenvalue weighted by Gasteiger charge is 1.96. The van der Waals surface area contributed by atoms with Gasteiger partial charge in [0.25, 0.3) is 0 Å². The lowest BCUT2D eigenvalue weighted by Crippen LogP contribution is -2.06. The molecule has 0 fully saturated rings. The molecule has 0 radical (unpaired) electrons. The molecule has 1 aromatic rings. The number of pyridine rings is 1. The summed E-state index contributed by atoms with van der Waals surface area (Å²) < 4.78 is 0. The Labute approximate surface area is 78.2 Å². The van der Waals surface area contributed by atoms with E-state index < -0.39 is 0 Å². The van der Waals surface area contributed by atoms with Crippen LogP contribution in [0.15, 0.2) is 18.3 Å². The first-order valence-corrected chi connectivity index (χ1v) is 4.45. The van der Waals surface area contributed by atoms with Gasteiger partial charge < -0.3 is 5.32 Å². The number of aromatic nitrogens is 1. The molecule has 13 heavy (non-hydrogen) atoms. The van der Waals surface area contributed by atoms with Gasteiger partial charge in [0.1, 0.15) is 0 Å². The average molecular weight is 178 g/mol. The summed E-state index contributed by atoms with van der Waals surface area (Å²) in [5.41, 5.74) is 1.82. The van der Waals surface area contributed by atoms with Gasteiger partial charge in [-0.3, -0.25) is 9.78 Å². The summed E-state index contributed by atoms with van der Waals surface area (Å²) in [5, 5.41) is 2.67. The summed E-state index contributed by atoms with van der Waals surface area (Å²) in [6.45, 7) is 3.60. The fourth-order valence-electron chi connectivity index (χ4n) is 1.11. The number of nitrogens with zero attached hydrogens (tertiary/aromatic N) is 1. The second kappa shape index (κ2) is 4.60. The highest BCUT2D eigenvalue weighted by Crippen LogP contribution is 2.06. The molecule has 1 heterocycles. The first kappa shape index (κ1) is 9.71. The molecule has 1 aromatic heterocycles. The number of anilines is 1. The van der Waals surface area contributed by atoms with Gasteiger partial charge in [-0.1, -0.05) is 13.3 Å². The van der Waals surface area contributed by atoms with Crippen molar-refractivity contribution in [2.24, 2.45) is 0 Å². The van der Waals surface area contributed by atoms with E-state index in [-0.39, 0.29) is 5.91 Å². The van der Waals surface area contributed by atoms with Crippen LogP contribution in [0, 0.1) is 0 Å². The Morgan fingerprint density at radius 2 is 2.31 bits per heavy atom. The second-order valence-electron chi connectivity index (χ2n) is 2.97. The van der Waals surface area contributed by atoms with Crippen molar-refractivity contribution in [3.63, 3.8) is 0 Å². The number of aryl methyl sites for hydroxylation is 1. The molecule has 1 N–H and O–H groups in total. The topological polar surface area (TPSA) is 42.0 Å². The van der Waals surface area contributed by atoms with Crippen LogP contribution in [0.3, 0.4) is 0 Å². The summed E-state index contributed by atoms with van der Waals surface area (Å²) in [6.07, 6.45) is 3.76. The van der Waals surface area contributed by atoms with E-state index in [0.717, 1.165) is 24.2 Å². The molecule has 70 valence electrons. The minimum atomic E-state index is -0.0648. The molecular formula is C10H14N2O. The standard InChI is InChI=1S/C10H14N2O/c1-3-4-9-5-6-10(7-11-9)12-8(2)13/h5-7H,3-4H2,1-2H3,(H,12,13). The molecule has 0 aliphatic rings. The molecule has 3 nitrogen and oxygen atoms in total. The van der Waals surface area contributed by atoms with E-state index in [2.05, 4.69) is 17.2 Å². The van der Waals surface area contributed by atoms with Crippen LogP contribution >= 0.6 is 0 Å². The molecule has 0 atom stereocenters.